The molecule has 5 aromatic heterocycles. The number of ether oxygens (including phenoxy) is 1. The van der Waals surface area contributed by atoms with E-state index in [2.05, 4.69) is 38.3 Å². The Kier molecular flexibility index (Phi) is 5.18. The maximum Gasteiger partial charge on any atom is 0.218 e. The zero-order valence-corrected chi connectivity index (χ0v) is 19.9. The van der Waals surface area contributed by atoms with Crippen molar-refractivity contribution >= 4 is 22.8 Å². The second-order valence-corrected chi connectivity index (χ2v) is 8.61. The molecule has 0 saturated carbocycles. The summed E-state index contributed by atoms with van der Waals surface area (Å²) < 4.78 is 11.0. The highest BCUT2D eigenvalue weighted by atomic mass is 16.5. The monoisotopic (exact) mass is 470 g/mol. The van der Waals surface area contributed by atoms with Crippen molar-refractivity contribution in [3.63, 3.8) is 0 Å². The van der Waals surface area contributed by atoms with Gasteiger partial charge in [0, 0.05) is 57.5 Å². The van der Waals surface area contributed by atoms with Gasteiger partial charge in [-0.2, -0.15) is 5.10 Å². The number of morpholine rings is 1. The smallest absolute Gasteiger partial charge is 0.218 e. The van der Waals surface area contributed by atoms with E-state index in [1.807, 2.05) is 60.1 Å². The summed E-state index contributed by atoms with van der Waals surface area (Å²) in [5.74, 6) is 2.55. The van der Waals surface area contributed by atoms with E-state index in [0.29, 0.717) is 23.3 Å². The molecule has 178 valence electrons. The van der Waals surface area contributed by atoms with Crippen molar-refractivity contribution in [3.8, 4) is 22.9 Å². The van der Waals surface area contributed by atoms with Gasteiger partial charge in [-0.1, -0.05) is 0 Å². The molecule has 11 nitrogen and oxygen atoms in total. The zero-order chi connectivity index (χ0) is 23.9. The third-order valence-electron chi connectivity index (χ3n) is 6.27. The number of aromatic nitrogens is 8. The number of anilines is 3. The first-order chi connectivity index (χ1) is 17.1. The number of pyridine rings is 1. The predicted molar refractivity (Wildman–Crippen MR) is 133 cm³/mol. The summed E-state index contributed by atoms with van der Waals surface area (Å²) in [6.07, 6.45) is 9.42. The van der Waals surface area contributed by atoms with Crippen molar-refractivity contribution in [3.05, 3.63) is 54.7 Å². The molecule has 11 heteroatoms. The van der Waals surface area contributed by atoms with Gasteiger partial charge >= 0.3 is 0 Å². The first-order valence-corrected chi connectivity index (χ1v) is 11.5. The largest absolute Gasteiger partial charge is 0.378 e. The number of hydrogen-bond donors (Lipinski definition) is 1. The fraction of sp³-hybridized carbons (Fsp3) is 0.292. The molecular formula is C24H26N10O. The second kappa shape index (κ2) is 8.51. The molecule has 1 aliphatic rings. The van der Waals surface area contributed by atoms with Gasteiger partial charge in [-0.25, -0.2) is 19.5 Å². The van der Waals surface area contributed by atoms with Crippen LogP contribution in [0.2, 0.25) is 0 Å². The van der Waals surface area contributed by atoms with Gasteiger partial charge in [0.1, 0.15) is 11.3 Å². The van der Waals surface area contributed by atoms with E-state index in [0.717, 1.165) is 54.3 Å². The molecule has 1 N–H and O–H groups in total. The summed E-state index contributed by atoms with van der Waals surface area (Å²) in [5, 5.41) is 12.8. The average Bonchev–Trinajstić information content (AvgIpc) is 3.58. The molecular weight excluding hydrogens is 444 g/mol. The third-order valence-corrected chi connectivity index (χ3v) is 6.27. The number of nitrogens with zero attached hydrogens (tertiary/aromatic N) is 9. The summed E-state index contributed by atoms with van der Waals surface area (Å²) in [6.45, 7) is 5.27. The molecule has 0 atom stereocenters. The molecule has 1 fully saturated rings. The molecule has 0 aromatic carbocycles. The highest BCUT2D eigenvalue weighted by Crippen LogP contribution is 2.32. The maximum atomic E-state index is 5.46. The quantitative estimate of drug-likeness (QED) is 0.418. The van der Waals surface area contributed by atoms with Crippen molar-refractivity contribution < 1.29 is 4.74 Å². The van der Waals surface area contributed by atoms with E-state index >= 15 is 0 Å². The molecule has 0 bridgehead atoms. The Morgan fingerprint density at radius 1 is 1.00 bits per heavy atom. The van der Waals surface area contributed by atoms with E-state index in [1.165, 1.54) is 0 Å². The molecule has 35 heavy (non-hydrogen) atoms. The van der Waals surface area contributed by atoms with Gasteiger partial charge < -0.3 is 19.5 Å². The standard InChI is InChI=1S/C24H26N10O/c1-16-18(19-6-8-32(3)29-19)15-34-21(16)22(28-23(30-34)24-25-7-9-31(24)2)27-20-5-4-17(14-26-20)33-10-12-35-13-11-33/h4-9,14-15H,10-13H2,1-3H3,(H,26,27,28,30). The maximum absolute atomic E-state index is 5.46. The highest BCUT2D eigenvalue weighted by molar-refractivity contribution is 5.84. The van der Waals surface area contributed by atoms with E-state index in [1.54, 1.807) is 10.9 Å². The van der Waals surface area contributed by atoms with Crippen LogP contribution in [0.3, 0.4) is 0 Å². The molecule has 1 saturated heterocycles. The van der Waals surface area contributed by atoms with Crippen LogP contribution in [-0.2, 0) is 18.8 Å². The molecule has 0 amide bonds. The van der Waals surface area contributed by atoms with Crippen molar-refractivity contribution in [2.24, 2.45) is 14.1 Å². The van der Waals surface area contributed by atoms with Gasteiger partial charge in [0.15, 0.2) is 11.6 Å². The van der Waals surface area contributed by atoms with Crippen molar-refractivity contribution in [1.82, 2.24) is 38.9 Å². The summed E-state index contributed by atoms with van der Waals surface area (Å²) in [6, 6.07) is 6.04. The van der Waals surface area contributed by atoms with Crippen LogP contribution in [-0.4, -0.2) is 65.2 Å². The Balaban J connectivity index is 1.43. The Labute approximate surface area is 202 Å². The summed E-state index contributed by atoms with van der Waals surface area (Å²) in [4.78, 5) is 16.3. The van der Waals surface area contributed by atoms with E-state index in [9.17, 15) is 0 Å². The van der Waals surface area contributed by atoms with Gasteiger partial charge in [0.25, 0.3) is 0 Å². The van der Waals surface area contributed by atoms with Gasteiger partial charge in [-0.3, -0.25) is 4.68 Å². The van der Waals surface area contributed by atoms with Crippen LogP contribution in [0.1, 0.15) is 5.56 Å². The Bertz CT molecular complexity index is 1490. The van der Waals surface area contributed by atoms with Crippen LogP contribution in [0.15, 0.2) is 49.2 Å². The van der Waals surface area contributed by atoms with Gasteiger partial charge in [-0.05, 0) is 30.7 Å². The fourth-order valence-electron chi connectivity index (χ4n) is 4.40. The molecule has 0 spiro atoms. The minimum absolute atomic E-state index is 0.514. The third kappa shape index (κ3) is 3.89. The van der Waals surface area contributed by atoms with Crippen molar-refractivity contribution in [1.29, 1.82) is 0 Å². The number of fused-ring (bicyclic) bond motifs is 1. The zero-order valence-electron chi connectivity index (χ0n) is 19.9. The molecule has 1 aliphatic heterocycles. The number of imidazole rings is 1. The van der Waals surface area contributed by atoms with Crippen LogP contribution in [0.5, 0.6) is 0 Å². The van der Waals surface area contributed by atoms with E-state index < -0.39 is 0 Å². The average molecular weight is 471 g/mol. The van der Waals surface area contributed by atoms with Crippen LogP contribution >= 0.6 is 0 Å². The Morgan fingerprint density at radius 2 is 1.86 bits per heavy atom. The van der Waals surface area contributed by atoms with Crippen molar-refractivity contribution in [2.75, 3.05) is 36.5 Å². The molecule has 0 unspecified atom stereocenters. The number of hydrogen-bond acceptors (Lipinski definition) is 8. The van der Waals surface area contributed by atoms with Crippen LogP contribution in [0, 0.1) is 6.92 Å². The molecule has 6 heterocycles. The minimum atomic E-state index is 0.514. The number of aryl methyl sites for hydroxylation is 3. The second-order valence-electron chi connectivity index (χ2n) is 8.61. The Morgan fingerprint density at radius 3 is 2.54 bits per heavy atom. The predicted octanol–water partition coefficient (Wildman–Crippen LogP) is 2.81. The lowest BCUT2D eigenvalue weighted by molar-refractivity contribution is 0.122. The first kappa shape index (κ1) is 21.3. The van der Waals surface area contributed by atoms with Gasteiger partial charge in [0.05, 0.1) is 30.8 Å². The van der Waals surface area contributed by atoms with Crippen molar-refractivity contribution in [2.45, 2.75) is 6.92 Å². The van der Waals surface area contributed by atoms with Gasteiger partial charge in [-0.15, -0.1) is 5.10 Å². The number of rotatable bonds is 5. The fourth-order valence-corrected chi connectivity index (χ4v) is 4.40. The molecule has 6 rings (SSSR count). The highest BCUT2D eigenvalue weighted by Gasteiger charge is 2.20. The van der Waals surface area contributed by atoms with Gasteiger partial charge in [0.2, 0.25) is 5.82 Å². The number of nitrogens with one attached hydrogen (secondary N) is 1. The van der Waals surface area contributed by atoms with Crippen LogP contribution < -0.4 is 10.2 Å². The lowest BCUT2D eigenvalue weighted by Crippen LogP contribution is -2.36. The van der Waals surface area contributed by atoms with E-state index in [-0.39, 0.29) is 0 Å². The van der Waals surface area contributed by atoms with Crippen LogP contribution in [0.4, 0.5) is 17.3 Å². The molecule has 0 radical (unpaired) electrons. The first-order valence-electron chi connectivity index (χ1n) is 11.5. The normalized spacial score (nSPS) is 14.1. The van der Waals surface area contributed by atoms with Crippen LogP contribution in [0.25, 0.3) is 28.4 Å². The minimum Gasteiger partial charge on any atom is -0.378 e. The summed E-state index contributed by atoms with van der Waals surface area (Å²) in [7, 11) is 3.84. The lowest BCUT2D eigenvalue weighted by atomic mass is 10.1. The SMILES string of the molecule is Cc1c(-c2ccn(C)n2)cn2nc(-c3nccn3C)nc(Nc3ccc(N4CCOCC4)cn3)c12. The lowest BCUT2D eigenvalue weighted by Gasteiger charge is -2.28. The summed E-state index contributed by atoms with van der Waals surface area (Å²) in [5.41, 5.74) is 4.85. The molecule has 5 aromatic rings. The summed E-state index contributed by atoms with van der Waals surface area (Å²) >= 11 is 0. The van der Waals surface area contributed by atoms with E-state index in [4.69, 9.17) is 14.8 Å². The molecule has 0 aliphatic carbocycles. The Hall–Kier alpha value is -4.25. The topological polar surface area (TPSA) is 103 Å².